The summed E-state index contributed by atoms with van der Waals surface area (Å²) < 4.78 is 14.9. The van der Waals surface area contributed by atoms with Crippen LogP contribution in [0.25, 0.3) is 0 Å². The van der Waals surface area contributed by atoms with Crippen LogP contribution >= 0.6 is 27.5 Å². The molecule has 2 aromatic carbocycles. The van der Waals surface area contributed by atoms with Gasteiger partial charge in [0.25, 0.3) is 0 Å². The maximum Gasteiger partial charge on any atom is 0.147 e. The van der Waals surface area contributed by atoms with Gasteiger partial charge in [-0.25, -0.2) is 4.39 Å². The second-order valence-electron chi connectivity index (χ2n) is 4.70. The number of benzene rings is 2. The van der Waals surface area contributed by atoms with E-state index in [9.17, 15) is 4.39 Å². The van der Waals surface area contributed by atoms with Crippen molar-refractivity contribution in [3.8, 4) is 0 Å². The maximum atomic E-state index is 13.8. The third-order valence-corrected chi connectivity index (χ3v) is 4.17. The van der Waals surface area contributed by atoms with E-state index in [0.29, 0.717) is 10.7 Å². The molecule has 1 aliphatic carbocycles. The van der Waals surface area contributed by atoms with E-state index in [0.717, 1.165) is 17.3 Å². The predicted molar refractivity (Wildman–Crippen MR) is 80.2 cm³/mol. The van der Waals surface area contributed by atoms with Gasteiger partial charge in [-0.1, -0.05) is 33.6 Å². The molecule has 1 aliphatic rings. The van der Waals surface area contributed by atoms with Crippen molar-refractivity contribution in [3.05, 3.63) is 62.8 Å². The van der Waals surface area contributed by atoms with Gasteiger partial charge >= 0.3 is 0 Å². The molecule has 1 N–H and O–H groups in total. The Hall–Kier alpha value is -1.06. The van der Waals surface area contributed by atoms with E-state index in [1.54, 1.807) is 12.1 Å². The van der Waals surface area contributed by atoms with Gasteiger partial charge in [0.2, 0.25) is 0 Å². The van der Waals surface area contributed by atoms with Crippen LogP contribution in [0.4, 0.5) is 10.1 Å². The van der Waals surface area contributed by atoms with Crippen LogP contribution in [0.3, 0.4) is 0 Å². The van der Waals surface area contributed by atoms with Gasteiger partial charge in [-0.3, -0.25) is 0 Å². The van der Waals surface area contributed by atoms with Gasteiger partial charge in [0.05, 0.1) is 11.7 Å². The fourth-order valence-electron chi connectivity index (χ4n) is 2.53. The number of fused-ring (bicyclic) bond motifs is 1. The second-order valence-corrected chi connectivity index (χ2v) is 6.06. The summed E-state index contributed by atoms with van der Waals surface area (Å²) in [5, 5.41) is 3.68. The third-order valence-electron chi connectivity index (χ3n) is 3.44. The lowest BCUT2D eigenvalue weighted by molar-refractivity contribution is 0.625. The van der Waals surface area contributed by atoms with E-state index in [2.05, 4.69) is 33.4 Å². The average molecular weight is 341 g/mol. The number of aryl methyl sites for hydroxylation is 1. The summed E-state index contributed by atoms with van der Waals surface area (Å²) in [7, 11) is 0. The highest BCUT2D eigenvalue weighted by Gasteiger charge is 2.23. The Kier molecular flexibility index (Phi) is 3.50. The number of halogens is 3. The fourth-order valence-corrected chi connectivity index (χ4v) is 3.10. The Morgan fingerprint density at radius 3 is 2.84 bits per heavy atom. The van der Waals surface area contributed by atoms with Gasteiger partial charge in [-0.2, -0.15) is 0 Å². The molecule has 0 aromatic heterocycles. The monoisotopic (exact) mass is 339 g/mol. The Balaban J connectivity index is 1.86. The van der Waals surface area contributed by atoms with E-state index in [1.165, 1.54) is 17.2 Å². The molecule has 0 aliphatic heterocycles. The molecule has 1 atom stereocenters. The van der Waals surface area contributed by atoms with Crippen molar-refractivity contribution >= 4 is 33.2 Å². The highest BCUT2D eigenvalue weighted by atomic mass is 79.9. The molecule has 1 unspecified atom stereocenters. The lowest BCUT2D eigenvalue weighted by Crippen LogP contribution is -2.08. The fraction of sp³-hybridized carbons (Fsp3) is 0.200. The molecule has 0 fully saturated rings. The summed E-state index contributed by atoms with van der Waals surface area (Å²) in [6.45, 7) is 0. The topological polar surface area (TPSA) is 12.0 Å². The van der Waals surface area contributed by atoms with Crippen molar-refractivity contribution in [3.63, 3.8) is 0 Å². The zero-order chi connectivity index (χ0) is 13.4. The Bertz CT molecular complexity index is 630. The van der Waals surface area contributed by atoms with Crippen LogP contribution in [-0.4, -0.2) is 0 Å². The van der Waals surface area contributed by atoms with Gasteiger partial charge in [0.1, 0.15) is 5.82 Å². The minimum absolute atomic E-state index is 0.166. The number of nitrogens with one attached hydrogen (secondary N) is 1. The van der Waals surface area contributed by atoms with Crippen LogP contribution in [-0.2, 0) is 6.42 Å². The summed E-state index contributed by atoms with van der Waals surface area (Å²) in [5.74, 6) is -0.307. The first kappa shape index (κ1) is 12.9. The van der Waals surface area contributed by atoms with Crippen molar-refractivity contribution in [2.75, 3.05) is 5.32 Å². The highest BCUT2D eigenvalue weighted by molar-refractivity contribution is 9.10. The maximum absolute atomic E-state index is 13.8. The quantitative estimate of drug-likeness (QED) is 0.778. The van der Waals surface area contributed by atoms with Crippen molar-refractivity contribution in [2.45, 2.75) is 18.9 Å². The zero-order valence-corrected chi connectivity index (χ0v) is 12.4. The molecule has 1 nitrogen and oxygen atoms in total. The Labute approximate surface area is 124 Å². The minimum Gasteiger partial charge on any atom is -0.376 e. The van der Waals surface area contributed by atoms with Gasteiger partial charge < -0.3 is 5.32 Å². The lowest BCUT2D eigenvalue weighted by Gasteiger charge is -2.16. The van der Waals surface area contributed by atoms with Crippen LogP contribution < -0.4 is 5.32 Å². The average Bonchev–Trinajstić information content (AvgIpc) is 2.75. The number of hydrogen-bond donors (Lipinski definition) is 1. The minimum atomic E-state index is -0.307. The van der Waals surface area contributed by atoms with Crippen LogP contribution in [0, 0.1) is 5.82 Å². The summed E-state index contributed by atoms with van der Waals surface area (Å²) in [5.41, 5.74) is 3.07. The molecule has 0 amide bonds. The summed E-state index contributed by atoms with van der Waals surface area (Å²) in [4.78, 5) is 0. The standard InChI is InChI=1S/C15H12BrClFN/c16-10-2-4-12-9(7-10)1-5-14(12)19-15-6-3-11(17)8-13(15)18/h2-4,6-8,14,19H,1,5H2. The van der Waals surface area contributed by atoms with E-state index >= 15 is 0 Å². The first-order valence-corrected chi connectivity index (χ1v) is 7.30. The van der Waals surface area contributed by atoms with E-state index < -0.39 is 0 Å². The summed E-state index contributed by atoms with van der Waals surface area (Å²) >= 11 is 9.24. The number of rotatable bonds is 2. The third kappa shape index (κ3) is 2.63. The first-order chi connectivity index (χ1) is 9.13. The van der Waals surface area contributed by atoms with Gasteiger partial charge in [-0.15, -0.1) is 0 Å². The molecule has 0 saturated heterocycles. The molecule has 98 valence electrons. The Morgan fingerprint density at radius 2 is 2.05 bits per heavy atom. The van der Waals surface area contributed by atoms with Crippen LogP contribution in [0.5, 0.6) is 0 Å². The van der Waals surface area contributed by atoms with Crippen LogP contribution in [0.2, 0.25) is 5.02 Å². The molecule has 19 heavy (non-hydrogen) atoms. The summed E-state index contributed by atoms with van der Waals surface area (Å²) in [6, 6.07) is 11.1. The van der Waals surface area contributed by atoms with Gasteiger partial charge in [0, 0.05) is 9.50 Å². The van der Waals surface area contributed by atoms with Crippen molar-refractivity contribution in [1.29, 1.82) is 0 Å². The first-order valence-electron chi connectivity index (χ1n) is 6.13. The van der Waals surface area contributed by atoms with Gasteiger partial charge in [0.15, 0.2) is 0 Å². The van der Waals surface area contributed by atoms with Crippen LogP contribution in [0.15, 0.2) is 40.9 Å². The molecule has 0 heterocycles. The highest BCUT2D eigenvalue weighted by Crippen LogP contribution is 2.36. The molecule has 0 radical (unpaired) electrons. The second kappa shape index (κ2) is 5.14. The van der Waals surface area contributed by atoms with Crippen molar-refractivity contribution < 1.29 is 4.39 Å². The zero-order valence-electron chi connectivity index (χ0n) is 10.1. The van der Waals surface area contributed by atoms with Crippen LogP contribution in [0.1, 0.15) is 23.6 Å². The number of anilines is 1. The lowest BCUT2D eigenvalue weighted by atomic mass is 10.1. The summed E-state index contributed by atoms with van der Waals surface area (Å²) in [6.07, 6.45) is 2.00. The molecule has 2 aromatic rings. The van der Waals surface area contributed by atoms with E-state index in [-0.39, 0.29) is 11.9 Å². The van der Waals surface area contributed by atoms with E-state index in [4.69, 9.17) is 11.6 Å². The molecular weight excluding hydrogens is 329 g/mol. The van der Waals surface area contributed by atoms with Gasteiger partial charge in [-0.05, 0) is 54.3 Å². The smallest absolute Gasteiger partial charge is 0.147 e. The molecule has 4 heteroatoms. The normalized spacial score (nSPS) is 17.3. The molecule has 3 rings (SSSR count). The largest absolute Gasteiger partial charge is 0.376 e. The Morgan fingerprint density at radius 1 is 1.21 bits per heavy atom. The molecular formula is C15H12BrClFN. The van der Waals surface area contributed by atoms with E-state index in [1.807, 2.05) is 6.07 Å². The molecule has 0 saturated carbocycles. The predicted octanol–water partition coefficient (Wildman–Crippen LogP) is 5.34. The molecule has 0 bridgehead atoms. The molecule has 0 spiro atoms. The van der Waals surface area contributed by atoms with Crippen molar-refractivity contribution in [1.82, 2.24) is 0 Å². The van der Waals surface area contributed by atoms with Crippen molar-refractivity contribution in [2.24, 2.45) is 0 Å². The number of hydrogen-bond acceptors (Lipinski definition) is 1. The SMILES string of the molecule is Fc1cc(Cl)ccc1NC1CCc2cc(Br)ccc21.